The molecule has 2 N–H and O–H groups in total. The Labute approximate surface area is 108 Å². The molecule has 0 radical (unpaired) electrons. The molecule has 0 spiro atoms. The van der Waals surface area contributed by atoms with Crippen molar-refractivity contribution in [3.63, 3.8) is 0 Å². The molecule has 4 nitrogen and oxygen atoms in total. The number of nitrogens with zero attached hydrogens (tertiary/aromatic N) is 1. The van der Waals surface area contributed by atoms with Crippen LogP contribution in [0.15, 0.2) is 30.3 Å². The SMILES string of the molecule is CN1CCC(NC(C)(C(=O)O)c2ccccc2)C1. The van der Waals surface area contributed by atoms with E-state index in [1.807, 2.05) is 30.3 Å². The zero-order valence-electron chi connectivity index (χ0n) is 10.9. The number of hydrogen-bond donors (Lipinski definition) is 2. The lowest BCUT2D eigenvalue weighted by Crippen LogP contribution is -2.52. The zero-order valence-corrected chi connectivity index (χ0v) is 10.9. The highest BCUT2D eigenvalue weighted by atomic mass is 16.4. The van der Waals surface area contributed by atoms with Crippen LogP contribution in [-0.2, 0) is 10.3 Å². The van der Waals surface area contributed by atoms with Gasteiger partial charge in [0.25, 0.3) is 0 Å². The molecule has 1 saturated heterocycles. The number of carboxylic acid groups (broad SMARTS) is 1. The minimum atomic E-state index is -1.02. The van der Waals surface area contributed by atoms with E-state index >= 15 is 0 Å². The van der Waals surface area contributed by atoms with Gasteiger partial charge in [0.05, 0.1) is 0 Å². The van der Waals surface area contributed by atoms with Crippen molar-refractivity contribution in [3.8, 4) is 0 Å². The van der Waals surface area contributed by atoms with Crippen molar-refractivity contribution < 1.29 is 9.90 Å². The topological polar surface area (TPSA) is 52.6 Å². The maximum Gasteiger partial charge on any atom is 0.328 e. The predicted octanol–water partition coefficient (Wildman–Crippen LogP) is 1.28. The lowest BCUT2D eigenvalue weighted by molar-refractivity contribution is -0.145. The van der Waals surface area contributed by atoms with Crippen LogP contribution in [0.3, 0.4) is 0 Å². The number of carbonyl (C=O) groups is 1. The van der Waals surface area contributed by atoms with Gasteiger partial charge in [-0.05, 0) is 32.5 Å². The summed E-state index contributed by atoms with van der Waals surface area (Å²) in [5.74, 6) is -0.830. The first-order chi connectivity index (χ1) is 8.52. The molecule has 0 saturated carbocycles. The molecule has 1 aromatic carbocycles. The van der Waals surface area contributed by atoms with E-state index in [0.29, 0.717) is 0 Å². The Morgan fingerprint density at radius 3 is 2.61 bits per heavy atom. The molecular weight excluding hydrogens is 228 g/mol. The monoisotopic (exact) mass is 248 g/mol. The Balaban J connectivity index is 2.20. The summed E-state index contributed by atoms with van der Waals surface area (Å²) >= 11 is 0. The van der Waals surface area contributed by atoms with Gasteiger partial charge in [0.15, 0.2) is 0 Å². The van der Waals surface area contributed by atoms with Crippen LogP contribution in [0.5, 0.6) is 0 Å². The molecule has 2 unspecified atom stereocenters. The van der Waals surface area contributed by atoms with Crippen LogP contribution in [0.25, 0.3) is 0 Å². The van der Waals surface area contributed by atoms with E-state index in [1.54, 1.807) is 6.92 Å². The highest BCUT2D eigenvalue weighted by Gasteiger charge is 2.38. The van der Waals surface area contributed by atoms with Gasteiger partial charge >= 0.3 is 5.97 Å². The van der Waals surface area contributed by atoms with Gasteiger partial charge < -0.3 is 10.0 Å². The number of likely N-dealkylation sites (N-methyl/N-ethyl adjacent to an activating group) is 1. The van der Waals surface area contributed by atoms with Crippen molar-refractivity contribution in [1.82, 2.24) is 10.2 Å². The Bertz CT molecular complexity index is 421. The van der Waals surface area contributed by atoms with Gasteiger partial charge in [-0.25, -0.2) is 4.79 Å². The molecule has 18 heavy (non-hydrogen) atoms. The molecular formula is C14H20N2O2. The second-order valence-corrected chi connectivity index (χ2v) is 5.19. The molecule has 1 aliphatic heterocycles. The van der Waals surface area contributed by atoms with Gasteiger partial charge in [-0.1, -0.05) is 30.3 Å². The minimum absolute atomic E-state index is 0.233. The van der Waals surface area contributed by atoms with Crippen molar-refractivity contribution in [3.05, 3.63) is 35.9 Å². The van der Waals surface area contributed by atoms with Gasteiger partial charge in [0.1, 0.15) is 5.54 Å². The second kappa shape index (κ2) is 5.08. The number of likely N-dealkylation sites (tertiary alicyclic amines) is 1. The molecule has 2 atom stereocenters. The first-order valence-corrected chi connectivity index (χ1v) is 6.27. The van der Waals surface area contributed by atoms with Crippen molar-refractivity contribution in [2.45, 2.75) is 24.9 Å². The summed E-state index contributed by atoms with van der Waals surface area (Å²) in [7, 11) is 2.06. The Morgan fingerprint density at radius 2 is 2.11 bits per heavy atom. The van der Waals surface area contributed by atoms with Crippen LogP contribution in [-0.4, -0.2) is 42.2 Å². The average molecular weight is 248 g/mol. The lowest BCUT2D eigenvalue weighted by atomic mass is 9.91. The fourth-order valence-corrected chi connectivity index (χ4v) is 2.50. The van der Waals surface area contributed by atoms with Gasteiger partial charge in [-0.15, -0.1) is 0 Å². The summed E-state index contributed by atoms with van der Waals surface area (Å²) in [5.41, 5.74) is -0.219. The van der Waals surface area contributed by atoms with E-state index in [2.05, 4.69) is 17.3 Å². The molecule has 1 heterocycles. The smallest absolute Gasteiger partial charge is 0.328 e. The zero-order chi connectivity index (χ0) is 13.2. The molecule has 0 amide bonds. The number of nitrogens with one attached hydrogen (secondary N) is 1. The number of aliphatic carboxylic acids is 1. The molecule has 4 heteroatoms. The maximum atomic E-state index is 11.6. The maximum absolute atomic E-state index is 11.6. The van der Waals surface area contributed by atoms with E-state index in [4.69, 9.17) is 0 Å². The minimum Gasteiger partial charge on any atom is -0.480 e. The molecule has 2 rings (SSSR count). The van der Waals surface area contributed by atoms with Crippen molar-refractivity contribution in [2.24, 2.45) is 0 Å². The normalized spacial score (nSPS) is 23.8. The predicted molar refractivity (Wildman–Crippen MR) is 70.5 cm³/mol. The molecule has 0 aliphatic carbocycles. The van der Waals surface area contributed by atoms with Crippen LogP contribution >= 0.6 is 0 Å². The molecule has 0 bridgehead atoms. The summed E-state index contributed by atoms with van der Waals surface area (Å²) in [6.45, 7) is 3.65. The quantitative estimate of drug-likeness (QED) is 0.843. The number of carboxylic acids is 1. The molecule has 1 fully saturated rings. The van der Waals surface area contributed by atoms with Gasteiger partial charge in [-0.3, -0.25) is 5.32 Å². The third-order valence-electron chi connectivity index (χ3n) is 3.66. The largest absolute Gasteiger partial charge is 0.480 e. The lowest BCUT2D eigenvalue weighted by Gasteiger charge is -2.30. The van der Waals surface area contributed by atoms with E-state index < -0.39 is 11.5 Å². The summed E-state index contributed by atoms with van der Waals surface area (Å²) < 4.78 is 0. The third kappa shape index (κ3) is 2.54. The first-order valence-electron chi connectivity index (χ1n) is 6.27. The first kappa shape index (κ1) is 13.1. The molecule has 1 aliphatic rings. The van der Waals surface area contributed by atoms with E-state index in [0.717, 1.165) is 25.1 Å². The summed E-state index contributed by atoms with van der Waals surface area (Å²) in [6, 6.07) is 9.60. The van der Waals surface area contributed by atoms with Crippen molar-refractivity contribution in [1.29, 1.82) is 0 Å². The summed E-state index contributed by atoms with van der Waals surface area (Å²) in [4.78, 5) is 13.8. The Kier molecular flexibility index (Phi) is 3.68. The highest BCUT2D eigenvalue weighted by Crippen LogP contribution is 2.23. The average Bonchev–Trinajstić information content (AvgIpc) is 2.75. The molecule has 1 aromatic rings. The van der Waals surface area contributed by atoms with Crippen molar-refractivity contribution in [2.75, 3.05) is 20.1 Å². The van der Waals surface area contributed by atoms with Crippen LogP contribution in [0.2, 0.25) is 0 Å². The molecule has 0 aromatic heterocycles. The fraction of sp³-hybridized carbons (Fsp3) is 0.500. The van der Waals surface area contributed by atoms with Gasteiger partial charge in [0, 0.05) is 12.6 Å². The third-order valence-corrected chi connectivity index (χ3v) is 3.66. The number of rotatable bonds is 4. The van der Waals surface area contributed by atoms with Crippen LogP contribution in [0, 0.1) is 0 Å². The second-order valence-electron chi connectivity index (χ2n) is 5.19. The highest BCUT2D eigenvalue weighted by molar-refractivity contribution is 5.80. The number of hydrogen-bond acceptors (Lipinski definition) is 3. The van der Waals surface area contributed by atoms with Crippen LogP contribution < -0.4 is 5.32 Å². The fourth-order valence-electron chi connectivity index (χ4n) is 2.50. The van der Waals surface area contributed by atoms with E-state index in [9.17, 15) is 9.90 Å². The summed E-state index contributed by atoms with van der Waals surface area (Å²) in [6.07, 6.45) is 0.992. The van der Waals surface area contributed by atoms with Crippen LogP contribution in [0.4, 0.5) is 0 Å². The van der Waals surface area contributed by atoms with Crippen molar-refractivity contribution >= 4 is 5.97 Å². The van der Waals surface area contributed by atoms with E-state index in [1.165, 1.54) is 0 Å². The Hall–Kier alpha value is -1.39. The van der Waals surface area contributed by atoms with E-state index in [-0.39, 0.29) is 6.04 Å². The standard InChI is InChI=1S/C14H20N2O2/c1-14(13(17)18,11-6-4-3-5-7-11)15-12-8-9-16(2)10-12/h3-7,12,15H,8-10H2,1-2H3,(H,17,18). The number of benzene rings is 1. The Morgan fingerprint density at radius 1 is 1.44 bits per heavy atom. The van der Waals surface area contributed by atoms with Crippen LogP contribution in [0.1, 0.15) is 18.9 Å². The molecule has 98 valence electrons. The summed E-state index contributed by atoms with van der Waals surface area (Å²) in [5, 5.41) is 12.8. The van der Waals surface area contributed by atoms with Gasteiger partial charge in [0.2, 0.25) is 0 Å². The van der Waals surface area contributed by atoms with Gasteiger partial charge in [-0.2, -0.15) is 0 Å².